The van der Waals surface area contributed by atoms with Crippen LogP contribution in [0.5, 0.6) is 11.5 Å². The highest BCUT2D eigenvalue weighted by Crippen LogP contribution is 2.30. The van der Waals surface area contributed by atoms with E-state index < -0.39 is 0 Å². The maximum Gasteiger partial charge on any atom is 0.221 e. The number of anilines is 1. The molecule has 29 heavy (non-hydrogen) atoms. The van der Waals surface area contributed by atoms with Crippen LogP contribution < -0.4 is 30.3 Å². The van der Waals surface area contributed by atoms with Crippen LogP contribution in [-0.4, -0.2) is 65.4 Å². The Bertz CT molecular complexity index is 649. The molecule has 0 aromatic heterocycles. The number of hydrogen-bond donors (Lipinski definition) is 3. The van der Waals surface area contributed by atoms with Crippen LogP contribution in [0, 0.1) is 0 Å². The molecule has 1 saturated heterocycles. The molecule has 1 heterocycles. The number of aliphatic imine (C=N–C) groups is 1. The largest absolute Gasteiger partial charge is 0.497 e. The minimum absolute atomic E-state index is 0. The van der Waals surface area contributed by atoms with Crippen molar-refractivity contribution in [2.45, 2.75) is 32.2 Å². The second kappa shape index (κ2) is 13.3. The van der Waals surface area contributed by atoms with Gasteiger partial charge in [-0.05, 0) is 12.8 Å². The van der Waals surface area contributed by atoms with E-state index in [1.54, 1.807) is 21.3 Å². The molecule has 8 nitrogen and oxygen atoms in total. The first kappa shape index (κ1) is 25.1. The van der Waals surface area contributed by atoms with Crippen LogP contribution in [0.4, 0.5) is 5.69 Å². The topological polar surface area (TPSA) is 87.2 Å². The van der Waals surface area contributed by atoms with Crippen molar-refractivity contribution in [3.05, 3.63) is 18.2 Å². The lowest BCUT2D eigenvalue weighted by atomic mass is 10.2. The molecule has 0 spiro atoms. The number of guanidine groups is 1. The van der Waals surface area contributed by atoms with Gasteiger partial charge in [0.2, 0.25) is 5.91 Å². The molecule has 1 unspecified atom stereocenters. The highest BCUT2D eigenvalue weighted by atomic mass is 127. The number of hydrogen-bond acceptors (Lipinski definition) is 5. The maximum absolute atomic E-state index is 11.7. The Kier molecular flexibility index (Phi) is 11.6. The summed E-state index contributed by atoms with van der Waals surface area (Å²) >= 11 is 0. The average molecular weight is 519 g/mol. The van der Waals surface area contributed by atoms with Gasteiger partial charge in [0.15, 0.2) is 5.96 Å². The highest BCUT2D eigenvalue weighted by Gasteiger charge is 2.24. The van der Waals surface area contributed by atoms with Gasteiger partial charge in [0.05, 0.1) is 14.2 Å². The van der Waals surface area contributed by atoms with Crippen LogP contribution in [0.3, 0.4) is 0 Å². The summed E-state index contributed by atoms with van der Waals surface area (Å²) in [5.74, 6) is 2.34. The Hall–Kier alpha value is -1.91. The van der Waals surface area contributed by atoms with Gasteiger partial charge in [0.25, 0.3) is 0 Å². The van der Waals surface area contributed by atoms with Crippen LogP contribution in [-0.2, 0) is 4.79 Å². The first-order valence-electron chi connectivity index (χ1n) is 9.81. The molecular formula is C20H34IN5O3. The van der Waals surface area contributed by atoms with Crippen molar-refractivity contribution in [3.8, 4) is 11.5 Å². The van der Waals surface area contributed by atoms with Gasteiger partial charge < -0.3 is 30.3 Å². The summed E-state index contributed by atoms with van der Waals surface area (Å²) < 4.78 is 10.7. The molecule has 1 amide bonds. The van der Waals surface area contributed by atoms with E-state index in [1.165, 1.54) is 0 Å². The third-order valence-corrected chi connectivity index (χ3v) is 4.67. The fourth-order valence-electron chi connectivity index (χ4n) is 3.12. The average Bonchev–Trinajstić information content (AvgIpc) is 3.19. The lowest BCUT2D eigenvalue weighted by molar-refractivity contribution is -0.120. The summed E-state index contributed by atoms with van der Waals surface area (Å²) in [6.45, 7) is 5.10. The molecule has 1 fully saturated rings. The number of nitrogens with one attached hydrogen (secondary N) is 3. The standard InChI is InChI=1S/C20H33N5O3.HI/c1-5-8-22-19(26)6-9-23-20(21-2)24-15-7-10-25(14-15)16-11-17(27-3)13-18(12-16)28-4;/h11-13,15H,5-10,14H2,1-4H3,(H,22,26)(H2,21,23,24);1H. The number of nitrogens with zero attached hydrogens (tertiary/aromatic N) is 2. The predicted octanol–water partition coefficient (Wildman–Crippen LogP) is 1.98. The maximum atomic E-state index is 11.7. The fourth-order valence-corrected chi connectivity index (χ4v) is 3.12. The zero-order chi connectivity index (χ0) is 20.4. The number of methoxy groups -OCH3 is 2. The van der Waals surface area contributed by atoms with E-state index in [4.69, 9.17) is 9.47 Å². The number of halogens is 1. The van der Waals surface area contributed by atoms with E-state index in [0.29, 0.717) is 13.0 Å². The van der Waals surface area contributed by atoms with Gasteiger partial charge >= 0.3 is 0 Å². The Morgan fingerprint density at radius 3 is 2.45 bits per heavy atom. The summed E-state index contributed by atoms with van der Waals surface area (Å²) in [6.07, 6.45) is 2.37. The molecule has 1 aliphatic rings. The Balaban J connectivity index is 0.00000420. The number of amides is 1. The highest BCUT2D eigenvalue weighted by molar-refractivity contribution is 14.0. The molecule has 3 N–H and O–H groups in total. The van der Waals surface area contributed by atoms with Crippen LogP contribution in [0.2, 0.25) is 0 Å². The Morgan fingerprint density at radius 1 is 1.17 bits per heavy atom. The molecule has 164 valence electrons. The summed E-state index contributed by atoms with van der Waals surface area (Å²) in [7, 11) is 5.06. The van der Waals surface area contributed by atoms with E-state index in [-0.39, 0.29) is 35.9 Å². The van der Waals surface area contributed by atoms with Crippen LogP contribution >= 0.6 is 24.0 Å². The predicted molar refractivity (Wildman–Crippen MR) is 128 cm³/mol. The van der Waals surface area contributed by atoms with Gasteiger partial charge in [-0.1, -0.05) is 6.92 Å². The smallest absolute Gasteiger partial charge is 0.221 e. The van der Waals surface area contributed by atoms with E-state index in [2.05, 4.69) is 25.8 Å². The second-order valence-electron chi connectivity index (χ2n) is 6.75. The van der Waals surface area contributed by atoms with Crippen molar-refractivity contribution < 1.29 is 14.3 Å². The number of benzene rings is 1. The molecule has 0 saturated carbocycles. The minimum atomic E-state index is 0. The molecule has 1 atom stereocenters. The molecule has 1 aromatic carbocycles. The molecular weight excluding hydrogens is 485 g/mol. The quantitative estimate of drug-likeness (QED) is 0.263. The van der Waals surface area contributed by atoms with Gasteiger partial charge in [-0.2, -0.15) is 0 Å². The van der Waals surface area contributed by atoms with Crippen molar-refractivity contribution in [2.75, 3.05) is 52.3 Å². The first-order valence-corrected chi connectivity index (χ1v) is 9.81. The number of rotatable bonds is 9. The van der Waals surface area contributed by atoms with Gasteiger partial charge in [0, 0.05) is 69.6 Å². The van der Waals surface area contributed by atoms with Crippen LogP contribution in [0.15, 0.2) is 23.2 Å². The lowest BCUT2D eigenvalue weighted by Crippen LogP contribution is -2.45. The van der Waals surface area contributed by atoms with E-state index >= 15 is 0 Å². The SMILES string of the molecule is CCCNC(=O)CCNC(=NC)NC1CCN(c2cc(OC)cc(OC)c2)C1.I. The second-order valence-corrected chi connectivity index (χ2v) is 6.75. The summed E-state index contributed by atoms with van der Waals surface area (Å²) in [5.41, 5.74) is 1.08. The molecule has 1 aliphatic heterocycles. The van der Waals surface area contributed by atoms with Gasteiger partial charge in [-0.25, -0.2) is 0 Å². The molecule has 0 aliphatic carbocycles. The van der Waals surface area contributed by atoms with E-state index in [0.717, 1.165) is 55.6 Å². The molecule has 9 heteroatoms. The third-order valence-electron chi connectivity index (χ3n) is 4.67. The lowest BCUT2D eigenvalue weighted by Gasteiger charge is -2.21. The molecule has 2 rings (SSSR count). The van der Waals surface area contributed by atoms with Gasteiger partial charge in [-0.15, -0.1) is 24.0 Å². The summed E-state index contributed by atoms with van der Waals surface area (Å²) in [4.78, 5) is 18.2. The Morgan fingerprint density at radius 2 is 1.86 bits per heavy atom. The zero-order valence-corrected chi connectivity index (χ0v) is 20.1. The zero-order valence-electron chi connectivity index (χ0n) is 17.8. The van der Waals surface area contributed by atoms with Crippen molar-refractivity contribution >= 4 is 41.5 Å². The monoisotopic (exact) mass is 519 g/mol. The minimum Gasteiger partial charge on any atom is -0.497 e. The fraction of sp³-hybridized carbons (Fsp3) is 0.600. The van der Waals surface area contributed by atoms with Crippen molar-refractivity contribution in [3.63, 3.8) is 0 Å². The molecule has 0 bridgehead atoms. The van der Waals surface area contributed by atoms with Crippen molar-refractivity contribution in [2.24, 2.45) is 4.99 Å². The Labute approximate surface area is 190 Å². The normalized spacial score (nSPS) is 16.1. The summed E-state index contributed by atoms with van der Waals surface area (Å²) in [6, 6.07) is 6.19. The first-order chi connectivity index (χ1) is 13.6. The number of carbonyl (C=O) groups excluding carboxylic acids is 1. The van der Waals surface area contributed by atoms with Crippen LogP contribution in [0.1, 0.15) is 26.2 Å². The molecule has 0 radical (unpaired) electrons. The molecule has 1 aromatic rings. The van der Waals surface area contributed by atoms with Crippen molar-refractivity contribution in [1.29, 1.82) is 0 Å². The van der Waals surface area contributed by atoms with Gasteiger partial charge in [0.1, 0.15) is 11.5 Å². The van der Waals surface area contributed by atoms with E-state index in [9.17, 15) is 4.79 Å². The van der Waals surface area contributed by atoms with Crippen LogP contribution in [0.25, 0.3) is 0 Å². The third kappa shape index (κ3) is 8.15. The van der Waals surface area contributed by atoms with Crippen molar-refractivity contribution in [1.82, 2.24) is 16.0 Å². The number of carbonyl (C=O) groups is 1. The van der Waals surface area contributed by atoms with E-state index in [1.807, 2.05) is 25.1 Å². The number of ether oxygens (including phenoxy) is 2. The summed E-state index contributed by atoms with van der Waals surface area (Å²) in [5, 5.41) is 9.53. The van der Waals surface area contributed by atoms with Gasteiger partial charge in [-0.3, -0.25) is 9.79 Å².